The van der Waals surface area contributed by atoms with E-state index < -0.39 is 0 Å². The molecule has 0 heterocycles. The normalized spacial score (nSPS) is 20.9. The van der Waals surface area contributed by atoms with Crippen LogP contribution in [0.4, 0.5) is 0 Å². The van der Waals surface area contributed by atoms with Crippen LogP contribution in [0.25, 0.3) is 0 Å². The Morgan fingerprint density at radius 1 is 1.35 bits per heavy atom. The molecule has 94 valence electrons. The lowest BCUT2D eigenvalue weighted by atomic mass is 9.80. The molecule has 1 aromatic carbocycles. The van der Waals surface area contributed by atoms with Crippen LogP contribution in [0, 0.1) is 0 Å². The van der Waals surface area contributed by atoms with Crippen molar-refractivity contribution in [2.75, 3.05) is 6.54 Å². The van der Waals surface area contributed by atoms with Gasteiger partial charge in [0.2, 0.25) is 0 Å². The zero-order valence-corrected chi connectivity index (χ0v) is 11.2. The molecule has 0 bridgehead atoms. The summed E-state index contributed by atoms with van der Waals surface area (Å²) in [6.07, 6.45) is 6.53. The zero-order chi connectivity index (χ0) is 12.1. The standard InChI is InChI=1S/C16H25N/c1-3-11-17-13(2)12-15-9-6-8-14-7-4-5-10-16(14)15/h4-5,7,10,13,15,17H,3,6,8-9,11-12H2,1-2H3. The van der Waals surface area contributed by atoms with Crippen molar-refractivity contribution < 1.29 is 0 Å². The van der Waals surface area contributed by atoms with Gasteiger partial charge in [-0.15, -0.1) is 0 Å². The highest BCUT2D eigenvalue weighted by molar-refractivity contribution is 5.32. The topological polar surface area (TPSA) is 12.0 Å². The van der Waals surface area contributed by atoms with Crippen molar-refractivity contribution in [3.8, 4) is 0 Å². The van der Waals surface area contributed by atoms with Gasteiger partial charge >= 0.3 is 0 Å². The van der Waals surface area contributed by atoms with E-state index in [4.69, 9.17) is 0 Å². The third-order valence-corrected chi connectivity index (χ3v) is 3.87. The first kappa shape index (κ1) is 12.6. The molecule has 1 heteroatoms. The summed E-state index contributed by atoms with van der Waals surface area (Å²) in [6.45, 7) is 5.71. The zero-order valence-electron chi connectivity index (χ0n) is 11.2. The highest BCUT2D eigenvalue weighted by Gasteiger charge is 2.21. The highest BCUT2D eigenvalue weighted by Crippen LogP contribution is 2.34. The molecule has 2 unspecified atom stereocenters. The Balaban J connectivity index is 1.98. The number of fused-ring (bicyclic) bond motifs is 1. The molecule has 1 N–H and O–H groups in total. The summed E-state index contributed by atoms with van der Waals surface area (Å²) < 4.78 is 0. The average molecular weight is 231 g/mol. The third-order valence-electron chi connectivity index (χ3n) is 3.87. The molecule has 0 saturated heterocycles. The van der Waals surface area contributed by atoms with Crippen molar-refractivity contribution >= 4 is 0 Å². The van der Waals surface area contributed by atoms with E-state index in [0.29, 0.717) is 6.04 Å². The van der Waals surface area contributed by atoms with E-state index in [1.54, 1.807) is 11.1 Å². The second-order valence-corrected chi connectivity index (χ2v) is 5.38. The van der Waals surface area contributed by atoms with Crippen LogP contribution in [0.1, 0.15) is 56.6 Å². The van der Waals surface area contributed by atoms with E-state index in [2.05, 4.69) is 43.4 Å². The van der Waals surface area contributed by atoms with Crippen LogP contribution in [0.5, 0.6) is 0 Å². The van der Waals surface area contributed by atoms with E-state index >= 15 is 0 Å². The molecule has 1 aliphatic carbocycles. The van der Waals surface area contributed by atoms with Crippen LogP contribution < -0.4 is 5.32 Å². The van der Waals surface area contributed by atoms with Crippen LogP contribution in [-0.2, 0) is 6.42 Å². The summed E-state index contributed by atoms with van der Waals surface area (Å²) >= 11 is 0. The molecule has 0 saturated carbocycles. The van der Waals surface area contributed by atoms with E-state index in [-0.39, 0.29) is 0 Å². The Labute approximate surface area is 106 Å². The Kier molecular flexibility index (Phi) is 4.61. The van der Waals surface area contributed by atoms with Gasteiger partial charge in [0.15, 0.2) is 0 Å². The van der Waals surface area contributed by atoms with E-state index in [9.17, 15) is 0 Å². The lowest BCUT2D eigenvalue weighted by Crippen LogP contribution is -2.29. The molecule has 17 heavy (non-hydrogen) atoms. The Morgan fingerprint density at radius 2 is 2.18 bits per heavy atom. The number of nitrogens with one attached hydrogen (secondary N) is 1. The second kappa shape index (κ2) is 6.20. The molecule has 1 aliphatic rings. The fourth-order valence-corrected chi connectivity index (χ4v) is 3.00. The maximum absolute atomic E-state index is 3.61. The summed E-state index contributed by atoms with van der Waals surface area (Å²) in [5.41, 5.74) is 3.20. The minimum Gasteiger partial charge on any atom is -0.314 e. The van der Waals surface area contributed by atoms with Gasteiger partial charge in [-0.2, -0.15) is 0 Å². The fourth-order valence-electron chi connectivity index (χ4n) is 3.00. The van der Waals surface area contributed by atoms with Crippen molar-refractivity contribution in [2.45, 2.75) is 57.9 Å². The molecule has 0 aromatic heterocycles. The number of aryl methyl sites for hydroxylation is 1. The van der Waals surface area contributed by atoms with Crippen molar-refractivity contribution in [1.82, 2.24) is 5.32 Å². The van der Waals surface area contributed by atoms with E-state index in [0.717, 1.165) is 12.5 Å². The quantitative estimate of drug-likeness (QED) is 0.811. The maximum atomic E-state index is 3.61. The Hall–Kier alpha value is -0.820. The van der Waals surface area contributed by atoms with Gasteiger partial charge in [0.25, 0.3) is 0 Å². The Morgan fingerprint density at radius 3 is 3.00 bits per heavy atom. The van der Waals surface area contributed by atoms with Gasteiger partial charge < -0.3 is 5.32 Å². The van der Waals surface area contributed by atoms with Gasteiger partial charge in [-0.1, -0.05) is 31.2 Å². The van der Waals surface area contributed by atoms with Gasteiger partial charge in [0.05, 0.1) is 0 Å². The smallest absolute Gasteiger partial charge is 0.00445 e. The summed E-state index contributed by atoms with van der Waals surface area (Å²) in [6, 6.07) is 9.67. The van der Waals surface area contributed by atoms with Gasteiger partial charge in [-0.3, -0.25) is 0 Å². The first-order chi connectivity index (χ1) is 8.31. The monoisotopic (exact) mass is 231 g/mol. The van der Waals surface area contributed by atoms with E-state index in [1.807, 2.05) is 0 Å². The van der Waals surface area contributed by atoms with Crippen molar-refractivity contribution in [3.05, 3.63) is 35.4 Å². The lowest BCUT2D eigenvalue weighted by molar-refractivity contribution is 0.430. The number of hydrogen-bond acceptors (Lipinski definition) is 1. The van der Waals surface area contributed by atoms with Crippen LogP contribution in [0.3, 0.4) is 0 Å². The first-order valence-electron chi connectivity index (χ1n) is 7.12. The van der Waals surface area contributed by atoms with Crippen molar-refractivity contribution in [3.63, 3.8) is 0 Å². The summed E-state index contributed by atoms with van der Waals surface area (Å²) in [4.78, 5) is 0. The van der Waals surface area contributed by atoms with Crippen molar-refractivity contribution in [2.24, 2.45) is 0 Å². The molecule has 2 rings (SSSR count). The average Bonchev–Trinajstić information content (AvgIpc) is 2.37. The van der Waals surface area contributed by atoms with Crippen LogP contribution in [0.2, 0.25) is 0 Å². The predicted molar refractivity (Wildman–Crippen MR) is 74.5 cm³/mol. The molecule has 0 amide bonds. The maximum Gasteiger partial charge on any atom is 0.00445 e. The molecule has 0 spiro atoms. The number of benzene rings is 1. The minimum atomic E-state index is 0.645. The molecule has 0 radical (unpaired) electrons. The molecular weight excluding hydrogens is 206 g/mol. The molecule has 2 atom stereocenters. The molecule has 1 nitrogen and oxygen atoms in total. The van der Waals surface area contributed by atoms with Crippen LogP contribution in [-0.4, -0.2) is 12.6 Å². The second-order valence-electron chi connectivity index (χ2n) is 5.38. The van der Waals surface area contributed by atoms with Crippen LogP contribution in [0.15, 0.2) is 24.3 Å². The summed E-state index contributed by atoms with van der Waals surface area (Å²) in [5, 5.41) is 3.61. The molecule has 0 aliphatic heterocycles. The SMILES string of the molecule is CCCNC(C)CC1CCCc2ccccc21. The minimum absolute atomic E-state index is 0.645. The van der Waals surface area contributed by atoms with Crippen LogP contribution >= 0.6 is 0 Å². The largest absolute Gasteiger partial charge is 0.314 e. The summed E-state index contributed by atoms with van der Waals surface area (Å²) in [5.74, 6) is 0.777. The number of rotatable bonds is 5. The molecule has 1 aromatic rings. The lowest BCUT2D eigenvalue weighted by Gasteiger charge is -2.28. The molecular formula is C16H25N. The third kappa shape index (κ3) is 3.32. The number of hydrogen-bond donors (Lipinski definition) is 1. The van der Waals surface area contributed by atoms with E-state index in [1.165, 1.54) is 32.1 Å². The fraction of sp³-hybridized carbons (Fsp3) is 0.625. The van der Waals surface area contributed by atoms with Crippen molar-refractivity contribution in [1.29, 1.82) is 0 Å². The highest BCUT2D eigenvalue weighted by atomic mass is 14.9. The van der Waals surface area contributed by atoms with Gasteiger partial charge in [0, 0.05) is 6.04 Å². The van der Waals surface area contributed by atoms with Gasteiger partial charge in [-0.25, -0.2) is 0 Å². The first-order valence-corrected chi connectivity index (χ1v) is 7.12. The Bertz CT molecular complexity index is 345. The van der Waals surface area contributed by atoms with Gasteiger partial charge in [0.1, 0.15) is 0 Å². The molecule has 0 fully saturated rings. The summed E-state index contributed by atoms with van der Waals surface area (Å²) in [7, 11) is 0. The van der Waals surface area contributed by atoms with Gasteiger partial charge in [-0.05, 0) is 62.6 Å². The predicted octanol–water partition coefficient (Wildman–Crippen LogP) is 3.88.